The molecule has 0 bridgehead atoms. The Kier molecular flexibility index (Phi) is 5.94. The van der Waals surface area contributed by atoms with Gasteiger partial charge in [-0.15, -0.1) is 0 Å². The molecule has 4 nitrogen and oxygen atoms in total. The van der Waals surface area contributed by atoms with Crippen LogP contribution in [0.2, 0.25) is 5.02 Å². The summed E-state index contributed by atoms with van der Waals surface area (Å²) in [5, 5.41) is 3.31. The second kappa shape index (κ2) is 8.15. The number of anilines is 1. The summed E-state index contributed by atoms with van der Waals surface area (Å²) in [6.07, 6.45) is 3.06. The molecule has 0 aliphatic carbocycles. The fraction of sp³-hybridized carbons (Fsp3) is 0.111. The zero-order valence-electron chi connectivity index (χ0n) is 12.6. The molecule has 0 aliphatic rings. The second-order valence-corrected chi connectivity index (χ2v) is 5.08. The topological polar surface area (TPSA) is 55.4 Å². The zero-order chi connectivity index (χ0) is 16.7. The molecule has 2 rings (SSSR count). The second-order valence-electron chi connectivity index (χ2n) is 4.64. The molecule has 0 heterocycles. The van der Waals surface area contributed by atoms with Crippen molar-refractivity contribution < 1.29 is 14.3 Å². The van der Waals surface area contributed by atoms with Crippen LogP contribution < -0.4 is 5.32 Å². The largest absolute Gasteiger partial charge is 0.462 e. The number of ether oxygens (including phenoxy) is 1. The molecular formula is C18H16ClNO3. The standard InChI is InChI=1S/C18H16ClNO3/c1-2-23-18(22)15-5-3-4-6-16(15)20-17(21)12-9-13-7-10-14(19)11-8-13/h3-12H,2H2,1H3,(H,20,21)/b12-9+. The van der Waals surface area contributed by atoms with E-state index in [2.05, 4.69) is 5.32 Å². The Balaban J connectivity index is 2.08. The molecule has 0 radical (unpaired) electrons. The van der Waals surface area contributed by atoms with Gasteiger partial charge in [0.25, 0.3) is 0 Å². The number of rotatable bonds is 5. The first-order chi connectivity index (χ1) is 11.1. The van der Waals surface area contributed by atoms with Gasteiger partial charge < -0.3 is 10.1 Å². The third-order valence-electron chi connectivity index (χ3n) is 2.98. The van der Waals surface area contributed by atoms with E-state index in [-0.39, 0.29) is 12.5 Å². The molecule has 0 unspecified atom stereocenters. The molecule has 0 spiro atoms. The summed E-state index contributed by atoms with van der Waals surface area (Å²) < 4.78 is 4.97. The zero-order valence-corrected chi connectivity index (χ0v) is 13.3. The highest BCUT2D eigenvalue weighted by Crippen LogP contribution is 2.16. The third kappa shape index (κ3) is 4.97. The average Bonchev–Trinajstić information content (AvgIpc) is 2.55. The molecular weight excluding hydrogens is 314 g/mol. The Morgan fingerprint density at radius 2 is 1.83 bits per heavy atom. The van der Waals surface area contributed by atoms with Gasteiger partial charge in [-0.05, 0) is 42.8 Å². The van der Waals surface area contributed by atoms with Gasteiger partial charge in [0, 0.05) is 11.1 Å². The van der Waals surface area contributed by atoms with Crippen molar-refractivity contribution in [1.29, 1.82) is 0 Å². The maximum absolute atomic E-state index is 12.0. The first kappa shape index (κ1) is 16.8. The quantitative estimate of drug-likeness (QED) is 0.661. The van der Waals surface area contributed by atoms with Crippen LogP contribution in [-0.4, -0.2) is 18.5 Å². The van der Waals surface area contributed by atoms with Crippen LogP contribution in [0.25, 0.3) is 6.08 Å². The van der Waals surface area contributed by atoms with Crippen LogP contribution in [0.1, 0.15) is 22.8 Å². The van der Waals surface area contributed by atoms with Crippen molar-refractivity contribution in [3.8, 4) is 0 Å². The number of hydrogen-bond donors (Lipinski definition) is 1. The van der Waals surface area contributed by atoms with E-state index >= 15 is 0 Å². The van der Waals surface area contributed by atoms with E-state index in [1.54, 1.807) is 61.5 Å². The molecule has 0 atom stereocenters. The third-order valence-corrected chi connectivity index (χ3v) is 3.23. The Morgan fingerprint density at radius 1 is 1.13 bits per heavy atom. The predicted octanol–water partition coefficient (Wildman–Crippen LogP) is 4.17. The van der Waals surface area contributed by atoms with Crippen molar-refractivity contribution in [1.82, 2.24) is 0 Å². The fourth-order valence-corrected chi connectivity index (χ4v) is 2.03. The molecule has 0 aromatic heterocycles. The lowest BCUT2D eigenvalue weighted by Crippen LogP contribution is -2.13. The highest BCUT2D eigenvalue weighted by atomic mass is 35.5. The molecule has 5 heteroatoms. The Hall–Kier alpha value is -2.59. The van der Waals surface area contributed by atoms with Crippen molar-refractivity contribution in [2.75, 3.05) is 11.9 Å². The van der Waals surface area contributed by atoms with Gasteiger partial charge in [-0.1, -0.05) is 35.9 Å². The van der Waals surface area contributed by atoms with E-state index in [4.69, 9.17) is 16.3 Å². The lowest BCUT2D eigenvalue weighted by Gasteiger charge is -2.08. The van der Waals surface area contributed by atoms with Gasteiger partial charge in [-0.2, -0.15) is 0 Å². The first-order valence-electron chi connectivity index (χ1n) is 7.11. The van der Waals surface area contributed by atoms with E-state index in [1.165, 1.54) is 6.08 Å². The first-order valence-corrected chi connectivity index (χ1v) is 7.48. The van der Waals surface area contributed by atoms with Crippen molar-refractivity contribution in [3.05, 3.63) is 70.8 Å². The highest BCUT2D eigenvalue weighted by Gasteiger charge is 2.12. The van der Waals surface area contributed by atoms with E-state index < -0.39 is 5.97 Å². The van der Waals surface area contributed by atoms with Crippen LogP contribution in [0.4, 0.5) is 5.69 Å². The fourth-order valence-electron chi connectivity index (χ4n) is 1.90. The maximum atomic E-state index is 12.0. The van der Waals surface area contributed by atoms with Crippen molar-refractivity contribution in [3.63, 3.8) is 0 Å². The molecule has 118 valence electrons. The minimum atomic E-state index is -0.468. The number of halogens is 1. The SMILES string of the molecule is CCOC(=O)c1ccccc1NC(=O)/C=C/c1ccc(Cl)cc1. The van der Waals surface area contributed by atoms with Crippen LogP contribution in [0.15, 0.2) is 54.6 Å². The molecule has 0 saturated heterocycles. The Morgan fingerprint density at radius 3 is 2.52 bits per heavy atom. The molecule has 2 aromatic carbocycles. The van der Waals surface area contributed by atoms with Crippen LogP contribution in [0, 0.1) is 0 Å². The Bertz CT molecular complexity index is 723. The highest BCUT2D eigenvalue weighted by molar-refractivity contribution is 6.30. The van der Waals surface area contributed by atoms with Gasteiger partial charge in [-0.3, -0.25) is 4.79 Å². The van der Waals surface area contributed by atoms with Gasteiger partial charge in [0.1, 0.15) is 0 Å². The molecule has 0 aliphatic heterocycles. The summed E-state index contributed by atoms with van der Waals surface area (Å²) in [6.45, 7) is 2.01. The number of amides is 1. The van der Waals surface area contributed by atoms with E-state index in [0.29, 0.717) is 16.3 Å². The summed E-state index contributed by atoms with van der Waals surface area (Å²) in [5.41, 5.74) is 1.59. The van der Waals surface area contributed by atoms with E-state index in [1.807, 2.05) is 0 Å². The molecule has 23 heavy (non-hydrogen) atoms. The summed E-state index contributed by atoms with van der Waals surface area (Å²) >= 11 is 5.81. The van der Waals surface area contributed by atoms with Gasteiger partial charge in [-0.25, -0.2) is 4.79 Å². The van der Waals surface area contributed by atoms with Gasteiger partial charge in [0.05, 0.1) is 17.9 Å². The van der Waals surface area contributed by atoms with E-state index in [0.717, 1.165) is 5.56 Å². The number of hydrogen-bond acceptors (Lipinski definition) is 3. The normalized spacial score (nSPS) is 10.5. The average molecular weight is 330 g/mol. The Labute approximate surface area is 139 Å². The number of carbonyl (C=O) groups excluding carboxylic acids is 2. The smallest absolute Gasteiger partial charge is 0.340 e. The van der Waals surface area contributed by atoms with Crippen molar-refractivity contribution in [2.24, 2.45) is 0 Å². The van der Waals surface area contributed by atoms with Crippen LogP contribution in [0.5, 0.6) is 0 Å². The van der Waals surface area contributed by atoms with Crippen LogP contribution in [-0.2, 0) is 9.53 Å². The van der Waals surface area contributed by atoms with Crippen molar-refractivity contribution >= 4 is 35.2 Å². The predicted molar refractivity (Wildman–Crippen MR) is 91.5 cm³/mol. The van der Waals surface area contributed by atoms with Gasteiger partial charge in [0.15, 0.2) is 0 Å². The van der Waals surface area contributed by atoms with E-state index in [9.17, 15) is 9.59 Å². The molecule has 0 saturated carbocycles. The maximum Gasteiger partial charge on any atom is 0.340 e. The number of carbonyl (C=O) groups is 2. The lowest BCUT2D eigenvalue weighted by molar-refractivity contribution is -0.111. The van der Waals surface area contributed by atoms with Crippen molar-refractivity contribution in [2.45, 2.75) is 6.92 Å². The van der Waals surface area contributed by atoms with Crippen LogP contribution >= 0.6 is 11.6 Å². The molecule has 2 aromatic rings. The van der Waals surface area contributed by atoms with Gasteiger partial charge in [0.2, 0.25) is 5.91 Å². The summed E-state index contributed by atoms with van der Waals surface area (Å²) in [7, 11) is 0. The number of benzene rings is 2. The summed E-state index contributed by atoms with van der Waals surface area (Å²) in [5.74, 6) is -0.804. The minimum Gasteiger partial charge on any atom is -0.462 e. The van der Waals surface area contributed by atoms with Crippen LogP contribution in [0.3, 0.4) is 0 Å². The number of para-hydroxylation sites is 1. The number of nitrogens with one attached hydrogen (secondary N) is 1. The summed E-state index contributed by atoms with van der Waals surface area (Å²) in [4.78, 5) is 23.9. The molecule has 0 fully saturated rings. The monoisotopic (exact) mass is 329 g/mol. The number of esters is 1. The van der Waals surface area contributed by atoms with Gasteiger partial charge >= 0.3 is 5.97 Å². The molecule has 1 N–H and O–H groups in total. The lowest BCUT2D eigenvalue weighted by atomic mass is 10.1. The minimum absolute atomic E-state index is 0.275. The molecule has 1 amide bonds. The summed E-state index contributed by atoms with van der Waals surface area (Å²) in [6, 6.07) is 13.8.